The van der Waals surface area contributed by atoms with Crippen LogP contribution in [0.25, 0.3) is 0 Å². The number of aliphatic hydroxyl groups excluding tert-OH is 2. The molecule has 5 atom stereocenters. The minimum atomic E-state index is -4.92. The van der Waals surface area contributed by atoms with Gasteiger partial charge in [0.2, 0.25) is 0 Å². The molecule has 0 aromatic rings. The summed E-state index contributed by atoms with van der Waals surface area (Å²) in [5.41, 5.74) is 0. The molecule has 0 aliphatic carbocycles. The van der Waals surface area contributed by atoms with E-state index in [1.165, 1.54) is 0 Å². The highest BCUT2D eigenvalue weighted by Gasteiger charge is 2.29. The Balaban J connectivity index is 4.74. The standard InChI is InChI=1S/C61H104O16P2/c1-4-7-10-13-16-19-22-25-27-30-32-35-38-41-44-47-59(64)71-50-56(62)51-73-78(67,68)74-52-57(63)53-75-79(69,70)76-55-58(77-61(66)49-46-43-40-37-34-29-24-21-18-15-12-9-6-3)54-72-60(65)48-45-42-39-36-33-31-28-26-23-20-17-14-11-8-5-2/h7-8,10-12,15-17,19-21,24-28,56-58,62-63H,4-6,9,13-14,18,22-23,29-55H2,1-3H3,(H,67,68)(H,69,70)/b10-7-,11-8-,15-12-,19-16-,20-17-,24-21-,27-25-,28-26-. The molecule has 16 nitrogen and oxygen atoms in total. The van der Waals surface area contributed by atoms with Gasteiger partial charge in [-0.25, -0.2) is 9.13 Å². The first-order valence-electron chi connectivity index (χ1n) is 29.5. The Morgan fingerprint density at radius 1 is 0.367 bits per heavy atom. The van der Waals surface area contributed by atoms with Gasteiger partial charge in [-0.2, -0.15) is 0 Å². The molecule has 0 amide bonds. The molecule has 4 N–H and O–H groups in total. The SMILES string of the molecule is CC/C=C\C/C=C\C/C=C\CCCCCCCC(=O)OCC(O)COP(=O)(O)OCC(O)COP(=O)(O)OCC(COC(=O)CCCCCCC/C=C\C/C=C\C/C=C\CC)OC(=O)CCCCCCC/C=C\C/C=C\CCC. The van der Waals surface area contributed by atoms with Crippen molar-refractivity contribution in [2.45, 2.75) is 232 Å². The average Bonchev–Trinajstić information content (AvgIpc) is 3.42. The lowest BCUT2D eigenvalue weighted by Gasteiger charge is -2.21. The molecular formula is C61H104O16P2. The van der Waals surface area contributed by atoms with Crippen molar-refractivity contribution in [3.63, 3.8) is 0 Å². The van der Waals surface area contributed by atoms with E-state index in [1.54, 1.807) is 0 Å². The van der Waals surface area contributed by atoms with E-state index in [1.807, 2.05) is 0 Å². The van der Waals surface area contributed by atoms with Crippen LogP contribution in [-0.4, -0.2) is 95.9 Å². The van der Waals surface area contributed by atoms with Crippen LogP contribution in [0, 0.1) is 0 Å². The van der Waals surface area contributed by atoms with E-state index in [0.717, 1.165) is 154 Å². The van der Waals surface area contributed by atoms with Crippen molar-refractivity contribution < 1.29 is 75.8 Å². The zero-order valence-electron chi connectivity index (χ0n) is 48.5. The van der Waals surface area contributed by atoms with E-state index in [-0.39, 0.29) is 19.3 Å². The number of rotatable bonds is 55. The van der Waals surface area contributed by atoms with Gasteiger partial charge in [-0.3, -0.25) is 32.5 Å². The number of carbonyl (C=O) groups is 3. The van der Waals surface area contributed by atoms with E-state index >= 15 is 0 Å². The molecule has 0 saturated heterocycles. The van der Waals surface area contributed by atoms with Gasteiger partial charge in [0, 0.05) is 19.3 Å². The molecule has 0 bridgehead atoms. The van der Waals surface area contributed by atoms with Crippen LogP contribution >= 0.6 is 15.6 Å². The molecule has 454 valence electrons. The summed E-state index contributed by atoms with van der Waals surface area (Å²) in [7, 11) is -9.77. The number of esters is 3. The number of phosphoric acid groups is 2. The number of hydrogen-bond acceptors (Lipinski definition) is 14. The third-order valence-corrected chi connectivity index (χ3v) is 13.7. The molecule has 0 fully saturated rings. The fraction of sp³-hybridized carbons (Fsp3) is 0.689. The van der Waals surface area contributed by atoms with Crippen LogP contribution in [0.1, 0.15) is 213 Å². The van der Waals surface area contributed by atoms with Crippen LogP contribution in [-0.2, 0) is 55.8 Å². The summed E-state index contributed by atoms with van der Waals surface area (Å²) >= 11 is 0. The summed E-state index contributed by atoms with van der Waals surface area (Å²) in [5.74, 6) is -1.63. The number of allylic oxidation sites excluding steroid dienone is 16. The highest BCUT2D eigenvalue weighted by molar-refractivity contribution is 7.47. The van der Waals surface area contributed by atoms with E-state index in [4.69, 9.17) is 32.3 Å². The second kappa shape index (κ2) is 55.0. The fourth-order valence-corrected chi connectivity index (χ4v) is 8.87. The lowest BCUT2D eigenvalue weighted by Crippen LogP contribution is -2.30. The number of unbranched alkanes of at least 4 members (excludes halogenated alkanes) is 16. The maximum atomic E-state index is 12.8. The second-order valence-corrected chi connectivity index (χ2v) is 22.3. The lowest BCUT2D eigenvalue weighted by atomic mass is 10.1. The average molecular weight is 1160 g/mol. The first-order valence-corrected chi connectivity index (χ1v) is 32.5. The summed E-state index contributed by atoms with van der Waals surface area (Å²) < 4.78 is 60.5. The van der Waals surface area contributed by atoms with Crippen molar-refractivity contribution in [2.75, 3.05) is 39.6 Å². The van der Waals surface area contributed by atoms with Gasteiger partial charge in [0.25, 0.3) is 0 Å². The Labute approximate surface area is 476 Å². The summed E-state index contributed by atoms with van der Waals surface area (Å²) in [6, 6.07) is 0. The predicted octanol–water partition coefficient (Wildman–Crippen LogP) is 15.2. The Hall–Kier alpha value is -3.53. The van der Waals surface area contributed by atoms with Gasteiger partial charge in [0.15, 0.2) is 6.10 Å². The number of ether oxygens (including phenoxy) is 3. The summed E-state index contributed by atoms with van der Waals surface area (Å²) in [6.07, 6.45) is 56.2. The third kappa shape index (κ3) is 56.1. The highest BCUT2D eigenvalue weighted by Crippen LogP contribution is 2.45. The Morgan fingerprint density at radius 2 is 0.671 bits per heavy atom. The van der Waals surface area contributed by atoms with Crippen LogP contribution in [0.15, 0.2) is 97.2 Å². The molecule has 0 aromatic heterocycles. The van der Waals surface area contributed by atoms with Gasteiger partial charge in [-0.05, 0) is 109 Å². The molecule has 0 rings (SSSR count). The molecule has 0 saturated carbocycles. The number of carbonyl (C=O) groups excluding carboxylic acids is 3. The largest absolute Gasteiger partial charge is 0.472 e. The Bertz CT molecular complexity index is 1840. The highest BCUT2D eigenvalue weighted by atomic mass is 31.2. The maximum Gasteiger partial charge on any atom is 0.472 e. The zero-order valence-corrected chi connectivity index (χ0v) is 50.3. The van der Waals surface area contributed by atoms with E-state index in [9.17, 15) is 43.5 Å². The molecule has 0 aliphatic heterocycles. The van der Waals surface area contributed by atoms with E-state index in [0.29, 0.717) is 19.3 Å². The quantitative estimate of drug-likeness (QED) is 0.0146. The van der Waals surface area contributed by atoms with Crippen molar-refractivity contribution in [3.8, 4) is 0 Å². The van der Waals surface area contributed by atoms with Crippen molar-refractivity contribution in [1.29, 1.82) is 0 Å². The van der Waals surface area contributed by atoms with Gasteiger partial charge in [0.1, 0.15) is 25.4 Å². The number of aliphatic hydroxyl groups is 2. The summed E-state index contributed by atoms with van der Waals surface area (Å²) in [5, 5.41) is 20.4. The smallest absolute Gasteiger partial charge is 0.463 e. The van der Waals surface area contributed by atoms with Crippen LogP contribution in [0.4, 0.5) is 0 Å². The van der Waals surface area contributed by atoms with Crippen molar-refractivity contribution in [3.05, 3.63) is 97.2 Å². The minimum Gasteiger partial charge on any atom is -0.463 e. The molecule has 0 spiro atoms. The van der Waals surface area contributed by atoms with Gasteiger partial charge in [-0.1, -0.05) is 182 Å². The van der Waals surface area contributed by atoms with Gasteiger partial charge in [-0.15, -0.1) is 0 Å². The Morgan fingerprint density at radius 3 is 1.06 bits per heavy atom. The molecule has 0 radical (unpaired) electrons. The molecule has 0 aliphatic rings. The molecule has 0 aromatic carbocycles. The van der Waals surface area contributed by atoms with Gasteiger partial charge < -0.3 is 34.2 Å². The maximum absolute atomic E-state index is 12.8. The van der Waals surface area contributed by atoms with Crippen molar-refractivity contribution in [2.24, 2.45) is 0 Å². The van der Waals surface area contributed by atoms with Crippen molar-refractivity contribution in [1.82, 2.24) is 0 Å². The molecule has 79 heavy (non-hydrogen) atoms. The van der Waals surface area contributed by atoms with Crippen LogP contribution in [0.5, 0.6) is 0 Å². The van der Waals surface area contributed by atoms with Gasteiger partial charge in [0.05, 0.1) is 26.4 Å². The second-order valence-electron chi connectivity index (χ2n) is 19.4. The minimum absolute atomic E-state index is 0.0822. The van der Waals surface area contributed by atoms with Crippen molar-refractivity contribution >= 4 is 33.6 Å². The summed E-state index contributed by atoms with van der Waals surface area (Å²) in [6.45, 7) is 2.28. The molecular weight excluding hydrogens is 1050 g/mol. The third-order valence-electron chi connectivity index (χ3n) is 11.8. The zero-order chi connectivity index (χ0) is 58.2. The van der Waals surface area contributed by atoms with Crippen LogP contribution in [0.3, 0.4) is 0 Å². The first kappa shape index (κ1) is 75.5. The molecule has 18 heteroatoms. The monoisotopic (exact) mass is 1150 g/mol. The van der Waals surface area contributed by atoms with Crippen LogP contribution in [0.2, 0.25) is 0 Å². The first-order chi connectivity index (χ1) is 38.2. The lowest BCUT2D eigenvalue weighted by molar-refractivity contribution is -0.161. The Kier molecular flexibility index (Phi) is 52.6. The number of hydrogen-bond donors (Lipinski definition) is 4. The van der Waals surface area contributed by atoms with Crippen LogP contribution < -0.4 is 0 Å². The topological polar surface area (TPSA) is 231 Å². The molecule has 0 heterocycles. The van der Waals surface area contributed by atoms with E-state index in [2.05, 4.69) is 118 Å². The summed E-state index contributed by atoms with van der Waals surface area (Å²) in [4.78, 5) is 58.0. The predicted molar refractivity (Wildman–Crippen MR) is 316 cm³/mol. The molecule has 5 unspecified atom stereocenters. The fourth-order valence-electron chi connectivity index (χ4n) is 7.28. The normalized spacial score (nSPS) is 15.2. The van der Waals surface area contributed by atoms with E-state index < -0.39 is 91.5 Å². The van der Waals surface area contributed by atoms with Gasteiger partial charge >= 0.3 is 33.6 Å². The number of phosphoric ester groups is 2.